The van der Waals surface area contributed by atoms with Crippen molar-refractivity contribution in [3.63, 3.8) is 0 Å². The molecule has 1 aromatic carbocycles. The van der Waals surface area contributed by atoms with Crippen LogP contribution in [0.25, 0.3) is 0 Å². The molecule has 20 heavy (non-hydrogen) atoms. The molecule has 0 aromatic heterocycles. The molecule has 2 rings (SSSR count). The highest BCUT2D eigenvalue weighted by molar-refractivity contribution is 5.41. The van der Waals surface area contributed by atoms with Gasteiger partial charge in [0, 0.05) is 30.7 Å². The molecule has 0 aliphatic carbocycles. The largest absolute Gasteiger partial charge is 0.493 e. The van der Waals surface area contributed by atoms with E-state index in [0.29, 0.717) is 12.5 Å². The lowest BCUT2D eigenvalue weighted by molar-refractivity contribution is 0.0945. The standard InChI is InChI=1S/C17H27NO2/c1-14(2)7-10-19-11-8-17(13-18)9-12-20-16-6-4-3-5-15(16)17/h3-6,14H,7-13,18H2,1-2H3. The first-order valence-electron chi connectivity index (χ1n) is 7.68. The molecule has 0 saturated heterocycles. The fourth-order valence-electron chi connectivity index (χ4n) is 2.78. The maximum Gasteiger partial charge on any atom is 0.123 e. The van der Waals surface area contributed by atoms with E-state index >= 15 is 0 Å². The average Bonchev–Trinajstić information content (AvgIpc) is 2.46. The van der Waals surface area contributed by atoms with Crippen LogP contribution in [0.5, 0.6) is 5.75 Å². The van der Waals surface area contributed by atoms with Crippen molar-refractivity contribution in [1.29, 1.82) is 0 Å². The van der Waals surface area contributed by atoms with Crippen LogP contribution < -0.4 is 10.5 Å². The molecule has 3 heteroatoms. The van der Waals surface area contributed by atoms with Gasteiger partial charge in [-0.2, -0.15) is 0 Å². The van der Waals surface area contributed by atoms with E-state index < -0.39 is 0 Å². The molecule has 1 heterocycles. The summed E-state index contributed by atoms with van der Waals surface area (Å²) in [6, 6.07) is 8.27. The zero-order valence-corrected chi connectivity index (χ0v) is 12.7. The summed E-state index contributed by atoms with van der Waals surface area (Å²) < 4.78 is 11.5. The van der Waals surface area contributed by atoms with Crippen LogP contribution in [0, 0.1) is 5.92 Å². The van der Waals surface area contributed by atoms with Crippen LogP contribution in [0.4, 0.5) is 0 Å². The molecular weight excluding hydrogens is 250 g/mol. The van der Waals surface area contributed by atoms with Gasteiger partial charge in [-0.25, -0.2) is 0 Å². The van der Waals surface area contributed by atoms with Crippen LogP contribution in [0.15, 0.2) is 24.3 Å². The second-order valence-electron chi connectivity index (χ2n) is 6.12. The van der Waals surface area contributed by atoms with Gasteiger partial charge in [0.25, 0.3) is 0 Å². The lowest BCUT2D eigenvalue weighted by Gasteiger charge is -2.38. The minimum atomic E-state index is 0.0205. The van der Waals surface area contributed by atoms with Gasteiger partial charge in [0.05, 0.1) is 6.61 Å². The summed E-state index contributed by atoms with van der Waals surface area (Å²) in [5.41, 5.74) is 7.38. The SMILES string of the molecule is CC(C)CCOCCC1(CN)CCOc2ccccc21. The Labute approximate surface area is 122 Å². The Morgan fingerprint density at radius 2 is 2.10 bits per heavy atom. The van der Waals surface area contributed by atoms with E-state index in [9.17, 15) is 0 Å². The quantitative estimate of drug-likeness (QED) is 0.779. The lowest BCUT2D eigenvalue weighted by atomic mass is 9.73. The number of hydrogen-bond acceptors (Lipinski definition) is 3. The Morgan fingerprint density at radius 3 is 2.85 bits per heavy atom. The lowest BCUT2D eigenvalue weighted by Crippen LogP contribution is -2.40. The Kier molecular flexibility index (Phi) is 5.44. The molecular formula is C17H27NO2. The van der Waals surface area contributed by atoms with Crippen molar-refractivity contribution < 1.29 is 9.47 Å². The van der Waals surface area contributed by atoms with E-state index in [4.69, 9.17) is 15.2 Å². The molecule has 2 N–H and O–H groups in total. The van der Waals surface area contributed by atoms with E-state index in [1.54, 1.807) is 0 Å². The van der Waals surface area contributed by atoms with Gasteiger partial charge in [-0.05, 0) is 31.2 Å². The monoisotopic (exact) mass is 277 g/mol. The third kappa shape index (κ3) is 3.53. The van der Waals surface area contributed by atoms with Crippen molar-refractivity contribution in [2.24, 2.45) is 11.7 Å². The van der Waals surface area contributed by atoms with Crippen LogP contribution in [0.1, 0.15) is 38.7 Å². The number of nitrogens with two attached hydrogens (primary N) is 1. The smallest absolute Gasteiger partial charge is 0.123 e. The van der Waals surface area contributed by atoms with Crippen molar-refractivity contribution >= 4 is 0 Å². The minimum Gasteiger partial charge on any atom is -0.493 e. The predicted molar refractivity (Wildman–Crippen MR) is 82.2 cm³/mol. The van der Waals surface area contributed by atoms with Gasteiger partial charge in [-0.3, -0.25) is 0 Å². The summed E-state index contributed by atoms with van der Waals surface area (Å²) in [5.74, 6) is 1.69. The molecule has 1 unspecified atom stereocenters. The molecule has 0 saturated carbocycles. The number of fused-ring (bicyclic) bond motifs is 1. The molecule has 1 aromatic rings. The van der Waals surface area contributed by atoms with Crippen molar-refractivity contribution in [3.8, 4) is 5.75 Å². The average molecular weight is 277 g/mol. The molecule has 0 spiro atoms. The van der Waals surface area contributed by atoms with Crippen LogP contribution >= 0.6 is 0 Å². The van der Waals surface area contributed by atoms with E-state index in [-0.39, 0.29) is 5.41 Å². The first kappa shape index (κ1) is 15.3. The number of ether oxygens (including phenoxy) is 2. The van der Waals surface area contributed by atoms with E-state index in [2.05, 4.69) is 26.0 Å². The van der Waals surface area contributed by atoms with E-state index in [1.807, 2.05) is 12.1 Å². The Balaban J connectivity index is 1.97. The Hall–Kier alpha value is -1.06. The topological polar surface area (TPSA) is 44.5 Å². The van der Waals surface area contributed by atoms with Crippen molar-refractivity contribution in [2.75, 3.05) is 26.4 Å². The maximum atomic E-state index is 6.10. The number of rotatable bonds is 7. The van der Waals surface area contributed by atoms with Crippen molar-refractivity contribution in [2.45, 2.75) is 38.5 Å². The fourth-order valence-corrected chi connectivity index (χ4v) is 2.78. The third-order valence-electron chi connectivity index (χ3n) is 4.25. The predicted octanol–water partition coefficient (Wildman–Crippen LogP) is 3.12. The van der Waals surface area contributed by atoms with Crippen LogP contribution in [0.3, 0.4) is 0 Å². The van der Waals surface area contributed by atoms with Crippen LogP contribution in [-0.2, 0) is 10.2 Å². The van der Waals surface area contributed by atoms with Gasteiger partial charge < -0.3 is 15.2 Å². The third-order valence-corrected chi connectivity index (χ3v) is 4.25. The Bertz CT molecular complexity index is 419. The summed E-state index contributed by atoms with van der Waals surface area (Å²) in [4.78, 5) is 0. The van der Waals surface area contributed by atoms with E-state index in [0.717, 1.165) is 44.8 Å². The summed E-state index contributed by atoms with van der Waals surface area (Å²) in [6.45, 7) is 7.47. The van der Waals surface area contributed by atoms with Crippen molar-refractivity contribution in [3.05, 3.63) is 29.8 Å². The van der Waals surface area contributed by atoms with Gasteiger partial charge in [-0.1, -0.05) is 32.0 Å². The van der Waals surface area contributed by atoms with Crippen LogP contribution in [0.2, 0.25) is 0 Å². The highest BCUT2D eigenvalue weighted by Gasteiger charge is 2.36. The van der Waals surface area contributed by atoms with Crippen molar-refractivity contribution in [1.82, 2.24) is 0 Å². The Morgan fingerprint density at radius 1 is 1.30 bits per heavy atom. The highest BCUT2D eigenvalue weighted by atomic mass is 16.5. The van der Waals surface area contributed by atoms with Crippen LogP contribution in [-0.4, -0.2) is 26.4 Å². The summed E-state index contributed by atoms with van der Waals surface area (Å²) in [7, 11) is 0. The molecule has 0 radical (unpaired) electrons. The minimum absolute atomic E-state index is 0.0205. The number of hydrogen-bond donors (Lipinski definition) is 1. The van der Waals surface area contributed by atoms with Gasteiger partial charge in [0.1, 0.15) is 5.75 Å². The highest BCUT2D eigenvalue weighted by Crippen LogP contribution is 2.40. The first-order valence-corrected chi connectivity index (χ1v) is 7.68. The molecule has 0 amide bonds. The fraction of sp³-hybridized carbons (Fsp3) is 0.647. The molecule has 1 aliphatic rings. The van der Waals surface area contributed by atoms with Gasteiger partial charge in [-0.15, -0.1) is 0 Å². The molecule has 0 bridgehead atoms. The van der Waals surface area contributed by atoms with Gasteiger partial charge in [0.2, 0.25) is 0 Å². The number of benzene rings is 1. The first-order chi connectivity index (χ1) is 9.68. The zero-order chi connectivity index (χ0) is 14.4. The molecule has 0 fully saturated rings. The zero-order valence-electron chi connectivity index (χ0n) is 12.7. The second-order valence-corrected chi connectivity index (χ2v) is 6.12. The maximum absolute atomic E-state index is 6.10. The molecule has 1 atom stereocenters. The summed E-state index contributed by atoms with van der Waals surface area (Å²) >= 11 is 0. The number of para-hydroxylation sites is 1. The molecule has 112 valence electrons. The van der Waals surface area contributed by atoms with Gasteiger partial charge >= 0.3 is 0 Å². The molecule has 1 aliphatic heterocycles. The van der Waals surface area contributed by atoms with Gasteiger partial charge in [0.15, 0.2) is 0 Å². The molecule has 3 nitrogen and oxygen atoms in total. The summed E-state index contributed by atoms with van der Waals surface area (Å²) in [5, 5.41) is 0. The summed E-state index contributed by atoms with van der Waals surface area (Å²) in [6.07, 6.45) is 3.07. The van der Waals surface area contributed by atoms with E-state index in [1.165, 1.54) is 5.56 Å². The second kappa shape index (κ2) is 7.09. The normalized spacial score (nSPS) is 21.6.